The van der Waals surface area contributed by atoms with E-state index in [1.807, 2.05) is 42.5 Å². The number of halogens is 1. The molecule has 0 amide bonds. The van der Waals surface area contributed by atoms with Gasteiger partial charge in [0, 0.05) is 31.1 Å². The Morgan fingerprint density at radius 2 is 1.75 bits per heavy atom. The van der Waals surface area contributed by atoms with Crippen molar-refractivity contribution in [3.63, 3.8) is 0 Å². The second-order valence-electron chi connectivity index (χ2n) is 9.49. The minimum Gasteiger partial charge on any atom is 0 e. The first-order valence-electron chi connectivity index (χ1n) is 11.2. The van der Waals surface area contributed by atoms with Crippen molar-refractivity contribution in [2.75, 3.05) is 4.93 Å². The summed E-state index contributed by atoms with van der Waals surface area (Å²) in [6.07, 6.45) is 4.03. The number of hydrogen-bond acceptors (Lipinski definition) is 4. The van der Waals surface area contributed by atoms with E-state index in [9.17, 15) is 9.59 Å². The number of alkyl halides is 2. The molecule has 0 aromatic heterocycles. The summed E-state index contributed by atoms with van der Waals surface area (Å²) < 4.78 is 12.3. The monoisotopic (exact) mass is 770 g/mol. The molecule has 32 heavy (non-hydrogen) atoms. The molecule has 4 fully saturated rings. The van der Waals surface area contributed by atoms with Gasteiger partial charge in [0.1, 0.15) is 0 Å². The standard InChI is InChI=1S/C26H29IO4.U/c1-4-16(2)22(27-3)23(28)31-26-14-18-12-25(26,13-19(18)15-26)24(29)30-21-11-7-9-17-8-5-6-10-20(17)21;/h5-11,16,18-19,22H,2,4,12-15H2,1,3H3;/q-2;. The Morgan fingerprint density at radius 1 is 1.09 bits per heavy atom. The van der Waals surface area contributed by atoms with E-state index >= 15 is 0 Å². The Bertz CT molecular complexity index is 1020. The first kappa shape index (κ1) is 24.5. The summed E-state index contributed by atoms with van der Waals surface area (Å²) in [4.78, 5) is 29.0. The van der Waals surface area contributed by atoms with E-state index in [2.05, 4.69) is 18.8 Å². The zero-order chi connectivity index (χ0) is 21.8. The van der Waals surface area contributed by atoms with Crippen molar-refractivity contribution >= 4 is 22.7 Å². The second kappa shape index (κ2) is 9.23. The van der Waals surface area contributed by atoms with Crippen LogP contribution in [0.2, 0.25) is 0 Å². The molecule has 0 N–H and O–H groups in total. The molecule has 4 aliphatic carbocycles. The van der Waals surface area contributed by atoms with Crippen LogP contribution in [-0.2, 0) is 14.3 Å². The Hall–Kier alpha value is -0.578. The van der Waals surface area contributed by atoms with Crippen LogP contribution in [0.4, 0.5) is 0 Å². The number of esters is 2. The van der Waals surface area contributed by atoms with Crippen molar-refractivity contribution in [3.05, 3.63) is 49.4 Å². The van der Waals surface area contributed by atoms with Crippen molar-refractivity contribution in [2.45, 2.75) is 48.6 Å². The molecule has 2 aromatic rings. The molecular weight excluding hydrogens is 741 g/mol. The molecule has 2 aromatic carbocycles. The number of ether oxygens (including phenoxy) is 2. The van der Waals surface area contributed by atoms with Crippen LogP contribution >= 0.6 is 0 Å². The smallest absolute Gasteiger partial charge is 0 e. The molecule has 0 aliphatic heterocycles. The maximum absolute atomic E-state index is 13.7. The normalized spacial score (nSPS) is 31.5. The van der Waals surface area contributed by atoms with Gasteiger partial charge in [-0.3, -0.25) is 0 Å². The molecule has 4 bridgehead atoms. The van der Waals surface area contributed by atoms with Gasteiger partial charge in [-0.25, -0.2) is 0 Å². The van der Waals surface area contributed by atoms with Crippen molar-refractivity contribution in [1.82, 2.24) is 0 Å². The molecule has 4 nitrogen and oxygen atoms in total. The molecule has 6 heteroatoms. The van der Waals surface area contributed by atoms with Crippen molar-refractivity contribution in [2.24, 2.45) is 23.2 Å². The molecule has 4 atom stereocenters. The van der Waals surface area contributed by atoms with E-state index in [0.717, 1.165) is 42.9 Å². The Balaban J connectivity index is 0.00000245. The van der Waals surface area contributed by atoms with Crippen molar-refractivity contribution in [1.29, 1.82) is 0 Å². The van der Waals surface area contributed by atoms with Gasteiger partial charge in [-0.1, -0.05) is 0 Å². The van der Waals surface area contributed by atoms with Gasteiger partial charge in [-0.15, -0.1) is 0 Å². The molecule has 6 rings (SSSR count). The number of carbonyl (C=O) groups is 2. The van der Waals surface area contributed by atoms with Crippen molar-refractivity contribution in [3.8, 4) is 5.75 Å². The van der Waals surface area contributed by atoms with Gasteiger partial charge in [0.2, 0.25) is 0 Å². The maximum atomic E-state index is 13.7. The van der Waals surface area contributed by atoms with E-state index in [1.165, 1.54) is 0 Å². The Labute approximate surface area is 224 Å². The van der Waals surface area contributed by atoms with Crippen LogP contribution in [0.3, 0.4) is 0 Å². The number of rotatable bonds is 7. The first-order valence-corrected chi connectivity index (χ1v) is 14.6. The summed E-state index contributed by atoms with van der Waals surface area (Å²) >= 11 is -0.330. The average molecular weight is 770 g/mol. The maximum Gasteiger partial charge on any atom is 0 e. The van der Waals surface area contributed by atoms with E-state index in [-0.39, 0.29) is 74.1 Å². The predicted molar refractivity (Wildman–Crippen MR) is 115 cm³/mol. The van der Waals surface area contributed by atoms with Gasteiger partial charge < -0.3 is 0 Å². The summed E-state index contributed by atoms with van der Waals surface area (Å²) in [5.74, 6) is 1.24. The second-order valence-corrected chi connectivity index (χ2v) is 12.1. The van der Waals surface area contributed by atoms with E-state index in [0.29, 0.717) is 17.6 Å². The molecule has 0 heterocycles. The van der Waals surface area contributed by atoms with Crippen LogP contribution in [-0.4, -0.2) is 26.4 Å². The number of carbonyl (C=O) groups excluding carboxylic acids is 2. The summed E-state index contributed by atoms with van der Waals surface area (Å²) in [5, 5.41) is 1.97. The fraction of sp³-hybridized carbons (Fsp3) is 0.500. The fourth-order valence-corrected chi connectivity index (χ4v) is 8.58. The third-order valence-corrected chi connectivity index (χ3v) is 10.8. The summed E-state index contributed by atoms with van der Waals surface area (Å²) in [5.41, 5.74) is -1.39. The number of fused-ring (bicyclic) bond motifs is 1. The summed E-state index contributed by atoms with van der Waals surface area (Å²) in [6.45, 7) is 6.25. The van der Waals surface area contributed by atoms with E-state index in [1.54, 1.807) is 0 Å². The zero-order valence-corrected chi connectivity index (χ0v) is 24.9. The van der Waals surface area contributed by atoms with Gasteiger partial charge >= 0.3 is 195 Å². The van der Waals surface area contributed by atoms with Crippen LogP contribution in [0.5, 0.6) is 5.75 Å². The van der Waals surface area contributed by atoms with Gasteiger partial charge in [0.15, 0.2) is 0 Å². The minimum absolute atomic E-state index is 0. The molecule has 0 radical (unpaired) electrons. The topological polar surface area (TPSA) is 52.6 Å². The van der Waals surface area contributed by atoms with E-state index < -0.39 is 11.0 Å². The zero-order valence-electron chi connectivity index (χ0n) is 18.6. The number of benzene rings is 2. The molecule has 170 valence electrons. The summed E-state index contributed by atoms with van der Waals surface area (Å²) in [6, 6.07) is 13.7. The SMILES string of the molecule is [CH2-]C(CC)C([I-]C)C(=O)OC12CC3CC1(C(=O)Oc1cccc4ccccc14)CC3C2.[U]. The molecular formula is C26H29IO4U-2. The quantitative estimate of drug-likeness (QED) is 0.142. The molecule has 4 saturated carbocycles. The van der Waals surface area contributed by atoms with Gasteiger partial charge in [0.25, 0.3) is 0 Å². The first-order chi connectivity index (χ1) is 14.9. The van der Waals surface area contributed by atoms with E-state index in [4.69, 9.17) is 9.47 Å². The van der Waals surface area contributed by atoms with Crippen molar-refractivity contribution < 1.29 is 71.4 Å². The Kier molecular flexibility index (Phi) is 7.08. The fourth-order valence-electron chi connectivity index (χ4n) is 6.41. The van der Waals surface area contributed by atoms with Crippen LogP contribution in [0.1, 0.15) is 39.0 Å². The van der Waals surface area contributed by atoms with Gasteiger partial charge in [-0.05, 0) is 0 Å². The van der Waals surface area contributed by atoms with Crippen LogP contribution in [0.25, 0.3) is 10.8 Å². The van der Waals surface area contributed by atoms with Crippen LogP contribution < -0.4 is 25.9 Å². The van der Waals surface area contributed by atoms with Gasteiger partial charge in [-0.2, -0.15) is 0 Å². The largest absolute Gasteiger partial charge is 0 e. The predicted octanol–water partition coefficient (Wildman–Crippen LogP) is 1.79. The third kappa shape index (κ3) is 3.67. The average Bonchev–Trinajstić information content (AvgIpc) is 3.46. The molecule has 4 unspecified atom stereocenters. The third-order valence-electron chi connectivity index (χ3n) is 7.98. The molecule has 0 saturated heterocycles. The molecule has 0 spiro atoms. The Morgan fingerprint density at radius 3 is 2.41 bits per heavy atom. The van der Waals surface area contributed by atoms with Crippen LogP contribution in [0.15, 0.2) is 42.5 Å². The molecule has 4 aliphatic rings. The summed E-state index contributed by atoms with van der Waals surface area (Å²) in [7, 11) is 0. The minimum atomic E-state index is -0.700. The van der Waals surface area contributed by atoms with Gasteiger partial charge in [0.05, 0.1) is 0 Å². The number of hydrogen-bond donors (Lipinski definition) is 0. The van der Waals surface area contributed by atoms with Crippen LogP contribution in [0, 0.1) is 61.2 Å².